The van der Waals surface area contributed by atoms with Crippen LogP contribution in [-0.2, 0) is 25.4 Å². The van der Waals surface area contributed by atoms with Crippen LogP contribution < -0.4 is 0 Å². The normalized spacial score (nSPS) is 38.1. The first kappa shape index (κ1) is 31.3. The molecule has 2 bridgehead atoms. The summed E-state index contributed by atoms with van der Waals surface area (Å²) in [5.74, 6) is -0.0228. The number of carbonyl (C=O) groups excluding carboxylic acids is 2. The summed E-state index contributed by atoms with van der Waals surface area (Å²) >= 11 is 0. The topological polar surface area (TPSA) is 79.7 Å². The molecule has 2 heterocycles. The van der Waals surface area contributed by atoms with Crippen LogP contribution in [0.2, 0.25) is 0 Å². The minimum absolute atomic E-state index is 0.0749. The highest BCUT2D eigenvalue weighted by atomic mass is 16.7. The summed E-state index contributed by atoms with van der Waals surface area (Å²) in [6.07, 6.45) is 7.83. The number of hydrogen-bond donors (Lipinski definition) is 0. The molecule has 1 saturated heterocycles. The number of aryl methyl sites for hydroxylation is 1. The van der Waals surface area contributed by atoms with E-state index in [-0.39, 0.29) is 29.1 Å². The molecule has 4 fully saturated rings. The molecular weight excluding hydrogens is 588 g/mol. The first-order valence-electron chi connectivity index (χ1n) is 17.9. The summed E-state index contributed by atoms with van der Waals surface area (Å²) in [6.45, 7) is 17.5. The van der Waals surface area contributed by atoms with Crippen LogP contribution in [-0.4, -0.2) is 46.1 Å². The average molecular weight is 639 g/mol. The number of nitrogens with zero attached hydrogens (tertiary/aromatic N) is 2. The van der Waals surface area contributed by atoms with Gasteiger partial charge in [0.2, 0.25) is 0 Å². The van der Waals surface area contributed by atoms with Crippen molar-refractivity contribution in [2.45, 2.75) is 105 Å². The van der Waals surface area contributed by atoms with Crippen LogP contribution in [0.3, 0.4) is 0 Å². The Balaban J connectivity index is 1.30. The zero-order chi connectivity index (χ0) is 33.3. The lowest BCUT2D eigenvalue weighted by molar-refractivity contribution is -0.260. The minimum atomic E-state index is -0.848. The number of ether oxygens (including phenoxy) is 3. The third-order valence-electron chi connectivity index (χ3n) is 13.2. The number of esters is 1. The van der Waals surface area contributed by atoms with Crippen molar-refractivity contribution < 1.29 is 23.8 Å². The number of fused-ring (bicyclic) bond motifs is 5. The number of carbonyl (C=O) groups is 2. The SMILES string of the molecule is CCc1c(C(=O)OC2C(C)=CC34C(=O)C(C=C5CCOC(C)(C)OC5C23C2CC2)[C@H]2[C@@H](CC4C)C2(C)C)c(C)nn1-c1ccccc1. The van der Waals surface area contributed by atoms with Crippen molar-refractivity contribution in [2.24, 2.45) is 45.8 Å². The molecular formula is C40H50N2O5. The number of rotatable bonds is 5. The maximum Gasteiger partial charge on any atom is 0.342 e. The maximum absolute atomic E-state index is 15.5. The predicted molar refractivity (Wildman–Crippen MR) is 179 cm³/mol. The van der Waals surface area contributed by atoms with Crippen molar-refractivity contribution >= 4 is 11.8 Å². The summed E-state index contributed by atoms with van der Waals surface area (Å²) in [6, 6.07) is 9.95. The first-order valence-corrected chi connectivity index (χ1v) is 17.9. The number of benzene rings is 1. The van der Waals surface area contributed by atoms with Gasteiger partial charge in [-0.1, -0.05) is 58.0 Å². The van der Waals surface area contributed by atoms with Crippen molar-refractivity contribution in [3.05, 3.63) is 70.6 Å². The van der Waals surface area contributed by atoms with Crippen LogP contribution in [0.15, 0.2) is 53.6 Å². The first-order chi connectivity index (χ1) is 22.3. The highest BCUT2D eigenvalue weighted by Crippen LogP contribution is 2.77. The number of para-hydroxylation sites is 1. The molecule has 1 aromatic heterocycles. The van der Waals surface area contributed by atoms with E-state index < -0.39 is 28.8 Å². The van der Waals surface area contributed by atoms with E-state index in [2.05, 4.69) is 46.8 Å². The lowest BCUT2D eigenvalue weighted by atomic mass is 9.50. The van der Waals surface area contributed by atoms with E-state index in [4.69, 9.17) is 19.3 Å². The zero-order valence-corrected chi connectivity index (χ0v) is 29.3. The van der Waals surface area contributed by atoms with E-state index in [1.165, 1.54) is 0 Å². The fraction of sp³-hybridized carbons (Fsp3) is 0.625. The van der Waals surface area contributed by atoms with Crippen LogP contribution in [0, 0.1) is 52.8 Å². The van der Waals surface area contributed by atoms with Gasteiger partial charge in [0.1, 0.15) is 11.7 Å². The van der Waals surface area contributed by atoms with Crippen LogP contribution >= 0.6 is 0 Å². The van der Waals surface area contributed by atoms with E-state index in [0.29, 0.717) is 48.3 Å². The Hall–Kier alpha value is -3.03. The molecule has 1 aliphatic heterocycles. The second kappa shape index (κ2) is 10.2. The summed E-state index contributed by atoms with van der Waals surface area (Å²) in [5.41, 5.74) is 3.59. The van der Waals surface area contributed by atoms with Gasteiger partial charge in [-0.15, -0.1) is 0 Å². The standard InChI is InChI=1S/C40H50N2O5/c1-9-30-31(24(4)41-42(30)27-13-11-10-12-14-27)36(44)46-34-22(2)21-39-23(3)19-29-32(37(29,5)6)28(33(39)43)20-25-17-18-45-38(7,8)47-35(25)40(34,39)26-15-16-26/h10-14,20-21,23,26,28-29,32,34-35H,9,15-19H2,1-8H3/t23?,28?,29-,32+,34?,35?,39?,40?/m1/s1. The second-order valence-electron chi connectivity index (χ2n) is 16.5. The Morgan fingerprint density at radius 3 is 2.51 bits per heavy atom. The van der Waals surface area contributed by atoms with Crippen molar-refractivity contribution in [1.82, 2.24) is 9.78 Å². The summed E-state index contributed by atoms with van der Waals surface area (Å²) < 4.78 is 22.3. The van der Waals surface area contributed by atoms with Gasteiger partial charge in [-0.05, 0) is 112 Å². The number of allylic oxidation sites excluding steroid dienone is 2. The van der Waals surface area contributed by atoms with E-state index in [1.54, 1.807) is 0 Å². The number of aromatic nitrogens is 2. The molecule has 0 amide bonds. The van der Waals surface area contributed by atoms with Crippen molar-refractivity contribution in [3.63, 3.8) is 0 Å². The summed E-state index contributed by atoms with van der Waals surface area (Å²) in [5, 5.41) is 4.83. The van der Waals surface area contributed by atoms with E-state index in [1.807, 2.05) is 55.8 Å². The Labute approximate surface area is 279 Å². The third-order valence-corrected chi connectivity index (χ3v) is 13.2. The Kier molecular flexibility index (Phi) is 6.81. The van der Waals surface area contributed by atoms with E-state index >= 15 is 4.79 Å². The van der Waals surface area contributed by atoms with Gasteiger partial charge in [0.15, 0.2) is 11.6 Å². The highest BCUT2D eigenvalue weighted by Gasteiger charge is 2.79. The molecule has 0 N–H and O–H groups in total. The van der Waals surface area contributed by atoms with Gasteiger partial charge in [0.25, 0.3) is 0 Å². The highest BCUT2D eigenvalue weighted by molar-refractivity contribution is 5.96. The lowest BCUT2D eigenvalue weighted by Crippen LogP contribution is -2.62. The van der Waals surface area contributed by atoms with Gasteiger partial charge in [0, 0.05) is 5.92 Å². The van der Waals surface area contributed by atoms with Crippen molar-refractivity contribution in [2.75, 3.05) is 6.61 Å². The summed E-state index contributed by atoms with van der Waals surface area (Å²) in [7, 11) is 0. The van der Waals surface area contributed by atoms with Gasteiger partial charge in [-0.25, -0.2) is 9.48 Å². The van der Waals surface area contributed by atoms with Crippen LogP contribution in [0.5, 0.6) is 0 Å². The molecule has 2 aromatic rings. The fourth-order valence-electron chi connectivity index (χ4n) is 11.1. The predicted octanol–water partition coefficient (Wildman–Crippen LogP) is 7.59. The second-order valence-corrected chi connectivity index (χ2v) is 16.5. The molecule has 1 spiro atoms. The van der Waals surface area contributed by atoms with Gasteiger partial charge in [0.05, 0.1) is 40.6 Å². The van der Waals surface area contributed by atoms with Gasteiger partial charge in [-0.3, -0.25) is 4.79 Å². The largest absolute Gasteiger partial charge is 0.453 e. The number of Topliss-reactive ketones (excluding diaryl/α,β-unsaturated/α-hetero) is 1. The number of ketones is 1. The molecule has 1 aromatic carbocycles. The average Bonchev–Trinajstić information content (AvgIpc) is 3.91. The van der Waals surface area contributed by atoms with Crippen LogP contribution in [0.4, 0.5) is 0 Å². The molecule has 250 valence electrons. The summed E-state index contributed by atoms with van der Waals surface area (Å²) in [4.78, 5) is 30.2. The monoisotopic (exact) mass is 638 g/mol. The Bertz CT molecular complexity index is 1710. The molecule has 47 heavy (non-hydrogen) atoms. The van der Waals surface area contributed by atoms with Gasteiger partial charge >= 0.3 is 5.97 Å². The number of hydrogen-bond acceptors (Lipinski definition) is 6. The minimum Gasteiger partial charge on any atom is -0.453 e. The molecule has 7 nitrogen and oxygen atoms in total. The molecule has 0 radical (unpaired) electrons. The molecule has 5 aliphatic carbocycles. The van der Waals surface area contributed by atoms with Gasteiger partial charge < -0.3 is 14.2 Å². The third kappa shape index (κ3) is 4.14. The van der Waals surface area contributed by atoms with Crippen molar-refractivity contribution in [3.8, 4) is 5.69 Å². The smallest absolute Gasteiger partial charge is 0.342 e. The Morgan fingerprint density at radius 1 is 1.11 bits per heavy atom. The molecule has 8 rings (SSSR count). The Morgan fingerprint density at radius 2 is 1.83 bits per heavy atom. The molecule has 7 heteroatoms. The molecule has 8 atom stereocenters. The fourth-order valence-corrected chi connectivity index (χ4v) is 11.1. The lowest BCUT2D eigenvalue weighted by Gasteiger charge is -2.55. The van der Waals surface area contributed by atoms with E-state index in [9.17, 15) is 4.79 Å². The van der Waals surface area contributed by atoms with Crippen LogP contribution in [0.25, 0.3) is 5.69 Å². The maximum atomic E-state index is 15.5. The quantitative estimate of drug-likeness (QED) is 0.248. The zero-order valence-electron chi connectivity index (χ0n) is 29.3. The van der Waals surface area contributed by atoms with Gasteiger partial charge in [-0.2, -0.15) is 5.10 Å². The molecule has 6 aliphatic rings. The van der Waals surface area contributed by atoms with Crippen LogP contribution in [0.1, 0.15) is 95.9 Å². The molecule has 3 saturated carbocycles. The van der Waals surface area contributed by atoms with Crippen molar-refractivity contribution in [1.29, 1.82) is 0 Å². The molecule has 6 unspecified atom stereocenters. The van der Waals surface area contributed by atoms with E-state index in [0.717, 1.165) is 41.8 Å².